The summed E-state index contributed by atoms with van der Waals surface area (Å²) in [6.45, 7) is 7.54. The minimum atomic E-state index is 0.600. The highest BCUT2D eigenvalue weighted by Crippen LogP contribution is 2.17. The molecule has 1 aromatic rings. The molecule has 2 rings (SSSR count). The Morgan fingerprint density at radius 2 is 2.22 bits per heavy atom. The van der Waals surface area contributed by atoms with E-state index in [1.807, 2.05) is 11.6 Å². The number of nitrogens with zero attached hydrogens (tertiary/aromatic N) is 3. The molecule has 0 aliphatic carbocycles. The molecule has 1 N–H and O–H groups in total. The molecule has 1 aromatic heterocycles. The molecule has 2 atom stereocenters. The molecule has 1 aliphatic rings. The fourth-order valence-electron chi connectivity index (χ4n) is 2.55. The first-order chi connectivity index (χ1) is 8.65. The topological polar surface area (TPSA) is 33.1 Å². The van der Waals surface area contributed by atoms with Gasteiger partial charge in [0.05, 0.1) is 12.7 Å². The SMILES string of the molecule is CCC1CN(Cc2ncc(Cl)n2C)C(CC)CN1. The van der Waals surface area contributed by atoms with E-state index in [1.54, 1.807) is 6.20 Å². The number of piperazine rings is 1. The summed E-state index contributed by atoms with van der Waals surface area (Å²) in [6, 6.07) is 1.20. The summed E-state index contributed by atoms with van der Waals surface area (Å²) in [5.74, 6) is 1.05. The van der Waals surface area contributed by atoms with Gasteiger partial charge in [0, 0.05) is 32.2 Å². The molecule has 1 aliphatic heterocycles. The van der Waals surface area contributed by atoms with Crippen molar-refractivity contribution in [1.82, 2.24) is 19.8 Å². The fourth-order valence-corrected chi connectivity index (χ4v) is 2.70. The largest absolute Gasteiger partial charge is 0.321 e. The molecule has 0 spiro atoms. The van der Waals surface area contributed by atoms with Crippen LogP contribution in [0.3, 0.4) is 0 Å². The molecule has 0 aromatic carbocycles. The smallest absolute Gasteiger partial charge is 0.128 e. The lowest BCUT2D eigenvalue weighted by atomic mass is 10.1. The van der Waals surface area contributed by atoms with Gasteiger partial charge >= 0.3 is 0 Å². The van der Waals surface area contributed by atoms with E-state index in [4.69, 9.17) is 11.6 Å². The Kier molecular flexibility index (Phi) is 4.65. The number of hydrogen-bond acceptors (Lipinski definition) is 3. The van der Waals surface area contributed by atoms with Gasteiger partial charge in [0.15, 0.2) is 0 Å². The molecule has 5 heteroatoms. The van der Waals surface area contributed by atoms with Gasteiger partial charge in [-0.25, -0.2) is 4.98 Å². The Balaban J connectivity index is 2.06. The predicted octanol–water partition coefficient (Wildman–Crippen LogP) is 2.04. The summed E-state index contributed by atoms with van der Waals surface area (Å²) < 4.78 is 1.97. The molecule has 4 nitrogen and oxygen atoms in total. The molecule has 102 valence electrons. The van der Waals surface area contributed by atoms with Crippen molar-refractivity contribution in [2.24, 2.45) is 7.05 Å². The molecule has 0 amide bonds. The van der Waals surface area contributed by atoms with E-state index in [9.17, 15) is 0 Å². The maximum absolute atomic E-state index is 6.04. The van der Waals surface area contributed by atoms with E-state index >= 15 is 0 Å². The average Bonchev–Trinajstić information content (AvgIpc) is 2.70. The summed E-state index contributed by atoms with van der Waals surface area (Å²) >= 11 is 6.04. The number of imidazole rings is 1. The lowest BCUT2D eigenvalue weighted by Crippen LogP contribution is -2.55. The zero-order valence-electron chi connectivity index (χ0n) is 11.5. The third-order valence-electron chi connectivity index (χ3n) is 3.95. The van der Waals surface area contributed by atoms with Gasteiger partial charge in [-0.1, -0.05) is 25.4 Å². The zero-order chi connectivity index (χ0) is 13.1. The molecule has 2 unspecified atom stereocenters. The van der Waals surface area contributed by atoms with Crippen LogP contribution in [0.4, 0.5) is 0 Å². The number of nitrogens with one attached hydrogen (secondary N) is 1. The molecule has 1 fully saturated rings. The van der Waals surface area contributed by atoms with E-state index in [0.29, 0.717) is 17.2 Å². The fraction of sp³-hybridized carbons (Fsp3) is 0.769. The maximum atomic E-state index is 6.04. The van der Waals surface area contributed by atoms with Gasteiger partial charge in [-0.2, -0.15) is 0 Å². The van der Waals surface area contributed by atoms with Gasteiger partial charge in [-0.15, -0.1) is 0 Å². The average molecular weight is 271 g/mol. The van der Waals surface area contributed by atoms with Gasteiger partial charge in [-0.05, 0) is 12.8 Å². The lowest BCUT2D eigenvalue weighted by molar-refractivity contribution is 0.113. The van der Waals surface area contributed by atoms with Crippen LogP contribution in [0.15, 0.2) is 6.20 Å². The summed E-state index contributed by atoms with van der Waals surface area (Å²) in [5.41, 5.74) is 0. The second-order valence-electron chi connectivity index (χ2n) is 5.06. The van der Waals surface area contributed by atoms with Crippen LogP contribution < -0.4 is 5.32 Å². The Morgan fingerprint density at radius 3 is 2.78 bits per heavy atom. The molecule has 0 radical (unpaired) electrons. The van der Waals surface area contributed by atoms with Gasteiger partial charge < -0.3 is 9.88 Å². The Labute approximate surface area is 114 Å². The van der Waals surface area contributed by atoms with E-state index in [-0.39, 0.29) is 0 Å². The Bertz CT molecular complexity index is 390. The van der Waals surface area contributed by atoms with Crippen molar-refractivity contribution in [3.63, 3.8) is 0 Å². The van der Waals surface area contributed by atoms with E-state index in [1.165, 1.54) is 12.8 Å². The highest BCUT2D eigenvalue weighted by molar-refractivity contribution is 6.29. The first-order valence-electron chi connectivity index (χ1n) is 6.79. The van der Waals surface area contributed by atoms with Crippen LogP contribution in [0.2, 0.25) is 5.15 Å². The molecule has 0 bridgehead atoms. The van der Waals surface area contributed by atoms with Gasteiger partial charge in [0.25, 0.3) is 0 Å². The third-order valence-corrected chi connectivity index (χ3v) is 4.30. The van der Waals surface area contributed by atoms with Gasteiger partial charge in [-0.3, -0.25) is 4.90 Å². The van der Waals surface area contributed by atoms with Crippen molar-refractivity contribution >= 4 is 11.6 Å². The molecule has 2 heterocycles. The molecular weight excluding hydrogens is 248 g/mol. The molecular formula is C13H23ClN4. The van der Waals surface area contributed by atoms with Crippen molar-refractivity contribution in [3.8, 4) is 0 Å². The van der Waals surface area contributed by atoms with Crippen LogP contribution in [0.5, 0.6) is 0 Å². The number of halogens is 1. The second kappa shape index (κ2) is 6.04. The van der Waals surface area contributed by atoms with Crippen LogP contribution in [0, 0.1) is 0 Å². The zero-order valence-corrected chi connectivity index (χ0v) is 12.2. The minimum absolute atomic E-state index is 0.600. The highest BCUT2D eigenvalue weighted by atomic mass is 35.5. The summed E-state index contributed by atoms with van der Waals surface area (Å²) in [7, 11) is 1.98. The quantitative estimate of drug-likeness (QED) is 0.909. The summed E-state index contributed by atoms with van der Waals surface area (Å²) in [6.07, 6.45) is 4.08. The number of rotatable bonds is 4. The van der Waals surface area contributed by atoms with Crippen LogP contribution >= 0.6 is 11.6 Å². The Morgan fingerprint density at radius 1 is 1.44 bits per heavy atom. The predicted molar refractivity (Wildman–Crippen MR) is 74.8 cm³/mol. The van der Waals surface area contributed by atoms with Crippen molar-refractivity contribution < 1.29 is 0 Å². The van der Waals surface area contributed by atoms with Crippen LogP contribution in [0.25, 0.3) is 0 Å². The monoisotopic (exact) mass is 270 g/mol. The molecule has 0 saturated carbocycles. The molecule has 18 heavy (non-hydrogen) atoms. The third kappa shape index (κ3) is 2.87. The van der Waals surface area contributed by atoms with Crippen molar-refractivity contribution in [1.29, 1.82) is 0 Å². The van der Waals surface area contributed by atoms with Crippen LogP contribution in [-0.4, -0.2) is 39.6 Å². The van der Waals surface area contributed by atoms with Crippen molar-refractivity contribution in [2.75, 3.05) is 13.1 Å². The van der Waals surface area contributed by atoms with Crippen molar-refractivity contribution in [3.05, 3.63) is 17.2 Å². The van der Waals surface area contributed by atoms with Crippen LogP contribution in [-0.2, 0) is 13.6 Å². The van der Waals surface area contributed by atoms with Gasteiger partial charge in [0.2, 0.25) is 0 Å². The number of aromatic nitrogens is 2. The highest BCUT2D eigenvalue weighted by Gasteiger charge is 2.26. The molecule has 1 saturated heterocycles. The van der Waals surface area contributed by atoms with Crippen molar-refractivity contribution in [2.45, 2.75) is 45.3 Å². The first kappa shape index (κ1) is 13.8. The standard InChI is InChI=1S/C13H23ClN4/c1-4-10-8-18(11(5-2)6-15-10)9-13-16-7-12(14)17(13)3/h7,10-11,15H,4-6,8-9H2,1-3H3. The maximum Gasteiger partial charge on any atom is 0.128 e. The second-order valence-corrected chi connectivity index (χ2v) is 5.45. The summed E-state index contributed by atoms with van der Waals surface area (Å²) in [5, 5.41) is 4.32. The normalized spacial score (nSPS) is 25.6. The van der Waals surface area contributed by atoms with E-state index in [2.05, 4.69) is 29.0 Å². The minimum Gasteiger partial charge on any atom is -0.321 e. The summed E-state index contributed by atoms with van der Waals surface area (Å²) in [4.78, 5) is 6.93. The first-order valence-corrected chi connectivity index (χ1v) is 7.17. The van der Waals surface area contributed by atoms with Crippen LogP contribution in [0.1, 0.15) is 32.5 Å². The number of hydrogen-bond donors (Lipinski definition) is 1. The lowest BCUT2D eigenvalue weighted by Gasteiger charge is -2.39. The van der Waals surface area contributed by atoms with Gasteiger partial charge in [0.1, 0.15) is 11.0 Å². The Hall–Kier alpha value is -0.580. The van der Waals surface area contributed by atoms with E-state index < -0.39 is 0 Å². The van der Waals surface area contributed by atoms with E-state index in [0.717, 1.165) is 25.5 Å².